The Balaban J connectivity index is 2.33. The smallest absolute Gasteiger partial charge is 0.231 e. The van der Waals surface area contributed by atoms with Crippen LogP contribution in [-0.4, -0.2) is 17.1 Å². The summed E-state index contributed by atoms with van der Waals surface area (Å²) in [7, 11) is 1.61. The van der Waals surface area contributed by atoms with Crippen molar-refractivity contribution in [1.29, 1.82) is 0 Å². The van der Waals surface area contributed by atoms with Gasteiger partial charge in [0.15, 0.2) is 0 Å². The Kier molecular flexibility index (Phi) is 2.00. The topological polar surface area (TPSA) is 35.0 Å². The van der Waals surface area contributed by atoms with Crippen molar-refractivity contribution in [3.8, 4) is 5.88 Å². The van der Waals surface area contributed by atoms with Crippen molar-refractivity contribution >= 4 is 15.9 Å². The number of nitrogens with zero attached hydrogens (tertiary/aromatic N) is 2. The lowest BCUT2D eigenvalue weighted by atomic mass is 10.4. The van der Waals surface area contributed by atoms with Gasteiger partial charge in [-0.1, -0.05) is 0 Å². The first-order valence-corrected chi connectivity index (χ1v) is 4.67. The van der Waals surface area contributed by atoms with Crippen molar-refractivity contribution in [3.05, 3.63) is 16.5 Å². The summed E-state index contributed by atoms with van der Waals surface area (Å²) in [4.78, 5) is 8.48. The average molecular weight is 229 g/mol. The highest BCUT2D eigenvalue weighted by Gasteiger charge is 2.27. The van der Waals surface area contributed by atoms with Gasteiger partial charge in [-0.3, -0.25) is 0 Å². The van der Waals surface area contributed by atoms with E-state index in [1.807, 2.05) is 0 Å². The fourth-order valence-electron chi connectivity index (χ4n) is 1.05. The third kappa shape index (κ3) is 1.43. The van der Waals surface area contributed by atoms with Gasteiger partial charge in [-0.05, 0) is 28.8 Å². The molecule has 0 unspecified atom stereocenters. The lowest BCUT2D eigenvalue weighted by Gasteiger charge is -2.02. The number of hydrogen-bond donors (Lipinski definition) is 0. The zero-order chi connectivity index (χ0) is 8.55. The number of methoxy groups -OCH3 is 1. The standard InChI is InChI=1S/C8H9BrN2O/c1-12-8-6(9)4-10-7(11-8)5-2-3-5/h4-5H,2-3H2,1H3. The van der Waals surface area contributed by atoms with Gasteiger partial charge < -0.3 is 4.74 Å². The molecule has 1 saturated carbocycles. The second-order valence-electron chi connectivity index (χ2n) is 2.86. The summed E-state index contributed by atoms with van der Waals surface area (Å²) < 4.78 is 5.88. The van der Waals surface area contributed by atoms with Crippen LogP contribution in [0.3, 0.4) is 0 Å². The lowest BCUT2D eigenvalue weighted by Crippen LogP contribution is -1.96. The van der Waals surface area contributed by atoms with Crippen LogP contribution in [0.4, 0.5) is 0 Å². The maximum atomic E-state index is 5.07. The van der Waals surface area contributed by atoms with E-state index < -0.39 is 0 Å². The molecule has 1 aromatic rings. The van der Waals surface area contributed by atoms with Crippen molar-refractivity contribution < 1.29 is 4.74 Å². The summed E-state index contributed by atoms with van der Waals surface area (Å²) >= 11 is 3.31. The number of halogens is 1. The molecule has 2 rings (SSSR count). The molecule has 1 fully saturated rings. The summed E-state index contributed by atoms with van der Waals surface area (Å²) in [5.74, 6) is 2.12. The van der Waals surface area contributed by atoms with Crippen LogP contribution < -0.4 is 4.74 Å². The molecule has 12 heavy (non-hydrogen) atoms. The molecule has 3 nitrogen and oxygen atoms in total. The third-order valence-electron chi connectivity index (χ3n) is 1.87. The quantitative estimate of drug-likeness (QED) is 0.779. The molecular formula is C8H9BrN2O. The Bertz CT molecular complexity index is 299. The SMILES string of the molecule is COc1nc(C2CC2)ncc1Br. The molecule has 0 aliphatic heterocycles. The van der Waals surface area contributed by atoms with Gasteiger partial charge in [0.2, 0.25) is 5.88 Å². The Hall–Kier alpha value is -0.640. The zero-order valence-corrected chi connectivity index (χ0v) is 8.34. The van der Waals surface area contributed by atoms with Crippen LogP contribution in [0.2, 0.25) is 0 Å². The van der Waals surface area contributed by atoms with Crippen molar-refractivity contribution in [2.75, 3.05) is 7.11 Å². The van der Waals surface area contributed by atoms with E-state index in [0.29, 0.717) is 11.8 Å². The van der Waals surface area contributed by atoms with Crippen LogP contribution in [-0.2, 0) is 0 Å². The Labute approximate surface area is 79.3 Å². The minimum absolute atomic E-state index is 0.576. The van der Waals surface area contributed by atoms with E-state index in [0.717, 1.165) is 10.3 Å². The van der Waals surface area contributed by atoms with Gasteiger partial charge in [0.05, 0.1) is 11.6 Å². The molecule has 4 heteroatoms. The van der Waals surface area contributed by atoms with Crippen molar-refractivity contribution in [3.63, 3.8) is 0 Å². The van der Waals surface area contributed by atoms with Gasteiger partial charge in [-0.25, -0.2) is 4.98 Å². The molecule has 0 saturated heterocycles. The highest BCUT2D eigenvalue weighted by atomic mass is 79.9. The zero-order valence-electron chi connectivity index (χ0n) is 6.75. The van der Waals surface area contributed by atoms with E-state index in [9.17, 15) is 0 Å². The molecule has 0 spiro atoms. The first-order chi connectivity index (χ1) is 5.81. The molecule has 1 heterocycles. The minimum atomic E-state index is 0.576. The summed E-state index contributed by atoms with van der Waals surface area (Å²) in [5.41, 5.74) is 0. The first-order valence-electron chi connectivity index (χ1n) is 3.87. The van der Waals surface area contributed by atoms with Gasteiger partial charge in [-0.2, -0.15) is 4.98 Å². The number of rotatable bonds is 2. The Morgan fingerprint density at radius 3 is 2.92 bits per heavy atom. The summed E-state index contributed by atoms with van der Waals surface area (Å²) in [6, 6.07) is 0. The molecule has 1 aliphatic carbocycles. The van der Waals surface area contributed by atoms with Gasteiger partial charge in [-0.15, -0.1) is 0 Å². The molecule has 1 aliphatic rings. The van der Waals surface area contributed by atoms with Crippen LogP contribution in [0.5, 0.6) is 5.88 Å². The molecule has 0 radical (unpaired) electrons. The second-order valence-corrected chi connectivity index (χ2v) is 3.71. The Morgan fingerprint density at radius 1 is 1.58 bits per heavy atom. The van der Waals surface area contributed by atoms with E-state index in [4.69, 9.17) is 4.74 Å². The van der Waals surface area contributed by atoms with Gasteiger partial charge >= 0.3 is 0 Å². The first kappa shape index (κ1) is 7.98. The monoisotopic (exact) mass is 228 g/mol. The fraction of sp³-hybridized carbons (Fsp3) is 0.500. The molecule has 0 bridgehead atoms. The summed E-state index contributed by atoms with van der Waals surface area (Å²) in [6.45, 7) is 0. The van der Waals surface area contributed by atoms with Gasteiger partial charge in [0.25, 0.3) is 0 Å². The molecular weight excluding hydrogens is 220 g/mol. The number of ether oxygens (including phenoxy) is 1. The number of hydrogen-bond acceptors (Lipinski definition) is 3. The summed E-state index contributed by atoms with van der Waals surface area (Å²) in [5, 5.41) is 0. The molecule has 0 N–H and O–H groups in total. The highest BCUT2D eigenvalue weighted by molar-refractivity contribution is 9.10. The van der Waals surface area contributed by atoms with E-state index in [1.54, 1.807) is 13.3 Å². The van der Waals surface area contributed by atoms with Gasteiger partial charge in [0.1, 0.15) is 5.82 Å². The molecule has 64 valence electrons. The van der Waals surface area contributed by atoms with Crippen molar-refractivity contribution in [1.82, 2.24) is 9.97 Å². The van der Waals surface area contributed by atoms with Gasteiger partial charge in [0, 0.05) is 12.1 Å². The summed E-state index contributed by atoms with van der Waals surface area (Å²) in [6.07, 6.45) is 4.18. The van der Waals surface area contributed by atoms with Crippen molar-refractivity contribution in [2.24, 2.45) is 0 Å². The minimum Gasteiger partial charge on any atom is -0.480 e. The van der Waals surface area contributed by atoms with E-state index >= 15 is 0 Å². The van der Waals surface area contributed by atoms with Crippen LogP contribution >= 0.6 is 15.9 Å². The highest BCUT2D eigenvalue weighted by Crippen LogP contribution is 2.39. The Morgan fingerprint density at radius 2 is 2.33 bits per heavy atom. The van der Waals surface area contributed by atoms with E-state index in [-0.39, 0.29) is 0 Å². The maximum absolute atomic E-state index is 5.07. The normalized spacial score (nSPS) is 16.2. The largest absolute Gasteiger partial charge is 0.480 e. The predicted octanol–water partition coefficient (Wildman–Crippen LogP) is 2.13. The van der Waals surface area contributed by atoms with Crippen molar-refractivity contribution in [2.45, 2.75) is 18.8 Å². The second kappa shape index (κ2) is 3.01. The molecule has 0 atom stereocenters. The molecule has 0 amide bonds. The van der Waals surface area contributed by atoms with E-state index in [1.165, 1.54) is 12.8 Å². The van der Waals surface area contributed by atoms with Crippen LogP contribution in [0.15, 0.2) is 10.7 Å². The van der Waals surface area contributed by atoms with Crippen LogP contribution in [0, 0.1) is 0 Å². The molecule has 1 aromatic heterocycles. The van der Waals surface area contributed by atoms with Crippen LogP contribution in [0.25, 0.3) is 0 Å². The fourth-order valence-corrected chi connectivity index (χ4v) is 1.40. The third-order valence-corrected chi connectivity index (χ3v) is 2.41. The maximum Gasteiger partial charge on any atom is 0.231 e. The molecule has 0 aromatic carbocycles. The lowest BCUT2D eigenvalue weighted by molar-refractivity contribution is 0.391. The average Bonchev–Trinajstić information content (AvgIpc) is 2.88. The predicted molar refractivity (Wildman–Crippen MR) is 48.3 cm³/mol. The van der Waals surface area contributed by atoms with Crippen LogP contribution in [0.1, 0.15) is 24.6 Å². The van der Waals surface area contributed by atoms with E-state index in [2.05, 4.69) is 25.9 Å². The number of aromatic nitrogens is 2.